The van der Waals surface area contributed by atoms with Gasteiger partial charge in [0.2, 0.25) is 0 Å². The van der Waals surface area contributed by atoms with Gasteiger partial charge in [-0.05, 0) is 77.0 Å². The molecule has 3 atom stereocenters. The first kappa shape index (κ1) is 38.4. The second-order valence-corrected chi connectivity index (χ2v) is 16.0. The number of methoxy groups -OCH3 is 1. The third kappa shape index (κ3) is 7.70. The molecule has 2 aromatic heterocycles. The molecule has 0 radical (unpaired) electrons. The van der Waals surface area contributed by atoms with Crippen molar-refractivity contribution in [3.63, 3.8) is 0 Å². The van der Waals surface area contributed by atoms with Gasteiger partial charge in [-0.2, -0.15) is 9.97 Å². The van der Waals surface area contributed by atoms with Gasteiger partial charge in [-0.25, -0.2) is 13.6 Å². The summed E-state index contributed by atoms with van der Waals surface area (Å²) in [7, 11) is 1.48. The third-order valence-electron chi connectivity index (χ3n) is 10.6. The molecule has 3 aliphatic rings. The standard InChI is InChI=1S/C41H47F2N5O7/c1-7-27-30(42)12-11-25-18-26(54-24-51-6)19-28(32(25)27)34-33(43)35-29(20-44-34)36(47-16-17-52-22-40(5,50)21-47)46-37(45-35)53-23-41-13-8-10-31(41)48(15-9-14-41)38(49)55-39(2,3)4/h1,11-12,18-20,31,50H,8-10,13-17,21-24H2,2-6H3/t31-,40+,41-/m1/s1. The molecule has 0 unspecified atom stereocenters. The minimum atomic E-state index is -1.23. The zero-order valence-electron chi connectivity index (χ0n) is 31.9. The van der Waals surface area contributed by atoms with Crippen molar-refractivity contribution in [1.82, 2.24) is 19.9 Å². The van der Waals surface area contributed by atoms with Gasteiger partial charge in [0.1, 0.15) is 39.8 Å². The van der Waals surface area contributed by atoms with E-state index in [0.717, 1.165) is 32.1 Å². The Hall–Kier alpha value is -4.84. The number of aliphatic hydroxyl groups is 1. The SMILES string of the molecule is C#Cc1c(F)ccc2cc(OCOC)cc(-c3ncc4c(N5CCOC[C@@](C)(O)C5)nc(OC[C@]56CCC[C@H]5N(C(=O)OC(C)(C)C)CCC6)nc4c3F)c12. The van der Waals surface area contributed by atoms with Gasteiger partial charge in [-0.15, -0.1) is 6.42 Å². The van der Waals surface area contributed by atoms with Gasteiger partial charge in [0, 0.05) is 48.8 Å². The number of piperidine rings is 1. The molecule has 2 saturated heterocycles. The molecule has 14 heteroatoms. The molecule has 2 aliphatic heterocycles. The molecule has 4 heterocycles. The van der Waals surface area contributed by atoms with Crippen LogP contribution in [0.5, 0.6) is 11.8 Å². The number of anilines is 1. The van der Waals surface area contributed by atoms with E-state index in [1.807, 2.05) is 30.6 Å². The Morgan fingerprint density at radius 2 is 1.95 bits per heavy atom. The van der Waals surface area contributed by atoms with Gasteiger partial charge >= 0.3 is 12.1 Å². The number of terminal acetylenes is 1. The van der Waals surface area contributed by atoms with Crippen LogP contribution < -0.4 is 14.4 Å². The van der Waals surface area contributed by atoms with Crippen molar-refractivity contribution in [2.45, 2.75) is 77.0 Å². The van der Waals surface area contributed by atoms with Gasteiger partial charge in [0.25, 0.3) is 0 Å². The topological polar surface area (TPSA) is 129 Å². The number of carbonyl (C=O) groups is 1. The monoisotopic (exact) mass is 759 g/mol. The van der Waals surface area contributed by atoms with Crippen LogP contribution in [0.4, 0.5) is 19.4 Å². The van der Waals surface area contributed by atoms with Crippen LogP contribution in [0, 0.1) is 29.4 Å². The number of likely N-dealkylation sites (tertiary alicyclic amines) is 1. The van der Waals surface area contributed by atoms with E-state index in [2.05, 4.69) is 15.9 Å². The number of carbonyl (C=O) groups excluding carboxylic acids is 1. The predicted molar refractivity (Wildman–Crippen MR) is 202 cm³/mol. The van der Waals surface area contributed by atoms with E-state index in [-0.39, 0.29) is 89.8 Å². The van der Waals surface area contributed by atoms with E-state index in [1.165, 1.54) is 25.4 Å². The van der Waals surface area contributed by atoms with E-state index >= 15 is 8.78 Å². The number of ether oxygens (including phenoxy) is 5. The highest BCUT2D eigenvalue weighted by atomic mass is 19.1. The molecular formula is C41H47F2N5O7. The number of hydrogen-bond acceptors (Lipinski definition) is 11. The summed E-state index contributed by atoms with van der Waals surface area (Å²) in [6.45, 7) is 8.79. The van der Waals surface area contributed by atoms with Crippen LogP contribution in [-0.2, 0) is 14.2 Å². The Balaban J connectivity index is 1.34. The largest absolute Gasteiger partial charge is 0.468 e. The van der Waals surface area contributed by atoms with Gasteiger partial charge in [-0.3, -0.25) is 4.98 Å². The second-order valence-electron chi connectivity index (χ2n) is 16.0. The smallest absolute Gasteiger partial charge is 0.410 e. The number of fused-ring (bicyclic) bond motifs is 3. The molecule has 7 rings (SSSR count). The fourth-order valence-electron chi connectivity index (χ4n) is 8.29. The Kier molecular flexibility index (Phi) is 10.5. The van der Waals surface area contributed by atoms with Crippen molar-refractivity contribution in [3.8, 4) is 35.4 Å². The molecule has 1 N–H and O–H groups in total. The van der Waals surface area contributed by atoms with Crippen molar-refractivity contribution in [3.05, 3.63) is 47.7 Å². The quantitative estimate of drug-likeness (QED) is 0.154. The average Bonchev–Trinajstić information content (AvgIpc) is 3.49. The minimum Gasteiger partial charge on any atom is -0.468 e. The first-order chi connectivity index (χ1) is 26.2. The zero-order chi connectivity index (χ0) is 39.1. The Bertz CT molecular complexity index is 2150. The lowest BCUT2D eigenvalue weighted by molar-refractivity contribution is -0.0282. The zero-order valence-corrected chi connectivity index (χ0v) is 31.9. The summed E-state index contributed by atoms with van der Waals surface area (Å²) in [5.41, 5.74) is -2.34. The normalized spacial score (nSPS) is 23.0. The average molecular weight is 760 g/mol. The van der Waals surface area contributed by atoms with Crippen molar-refractivity contribution >= 4 is 33.6 Å². The summed E-state index contributed by atoms with van der Waals surface area (Å²) in [5.74, 6) is 1.60. The number of β-amino-alcohol motifs (C(OH)–C–C–N with tert-alkyl or cyclic N) is 1. The molecule has 0 spiro atoms. The van der Waals surface area contributed by atoms with E-state index in [4.69, 9.17) is 35.1 Å². The van der Waals surface area contributed by atoms with Crippen molar-refractivity contribution in [2.24, 2.45) is 5.41 Å². The molecule has 12 nitrogen and oxygen atoms in total. The Morgan fingerprint density at radius 1 is 1.15 bits per heavy atom. The first-order valence-electron chi connectivity index (χ1n) is 18.6. The van der Waals surface area contributed by atoms with Crippen LogP contribution in [0.3, 0.4) is 0 Å². The lowest BCUT2D eigenvalue weighted by Gasteiger charge is -2.46. The first-order valence-corrected chi connectivity index (χ1v) is 18.6. The number of nitrogens with zero attached hydrogens (tertiary/aromatic N) is 5. The molecule has 55 heavy (non-hydrogen) atoms. The van der Waals surface area contributed by atoms with Gasteiger partial charge in [0.05, 0.1) is 37.3 Å². The summed E-state index contributed by atoms with van der Waals surface area (Å²) < 4.78 is 61.2. The van der Waals surface area contributed by atoms with Gasteiger partial charge in [-0.1, -0.05) is 18.4 Å². The molecule has 1 aliphatic carbocycles. The number of rotatable bonds is 8. The van der Waals surface area contributed by atoms with E-state index in [1.54, 1.807) is 19.1 Å². The Labute approximate surface area is 319 Å². The van der Waals surface area contributed by atoms with Crippen LogP contribution in [0.25, 0.3) is 32.9 Å². The van der Waals surface area contributed by atoms with Crippen LogP contribution in [0.1, 0.15) is 65.4 Å². The molecule has 1 saturated carbocycles. The van der Waals surface area contributed by atoms with E-state index in [0.29, 0.717) is 30.0 Å². The summed E-state index contributed by atoms with van der Waals surface area (Å²) >= 11 is 0. The number of amides is 1. The summed E-state index contributed by atoms with van der Waals surface area (Å²) in [5, 5.41) is 12.2. The fraction of sp³-hybridized carbons (Fsp3) is 0.512. The summed E-state index contributed by atoms with van der Waals surface area (Å²) in [4.78, 5) is 31.0. The fourth-order valence-corrected chi connectivity index (χ4v) is 8.29. The molecule has 1 amide bonds. The maximum Gasteiger partial charge on any atom is 0.410 e. The van der Waals surface area contributed by atoms with Crippen molar-refractivity contribution in [1.29, 1.82) is 0 Å². The molecule has 292 valence electrons. The highest BCUT2D eigenvalue weighted by Crippen LogP contribution is 2.48. The summed E-state index contributed by atoms with van der Waals surface area (Å²) in [6.07, 6.45) is 11.1. The van der Waals surface area contributed by atoms with E-state index in [9.17, 15) is 9.90 Å². The highest BCUT2D eigenvalue weighted by molar-refractivity contribution is 6.03. The van der Waals surface area contributed by atoms with Crippen molar-refractivity contribution < 1.29 is 42.4 Å². The van der Waals surface area contributed by atoms with Crippen molar-refractivity contribution in [2.75, 3.05) is 58.3 Å². The maximum absolute atomic E-state index is 17.3. The number of aromatic nitrogens is 3. The van der Waals surface area contributed by atoms with Crippen LogP contribution in [0.2, 0.25) is 0 Å². The van der Waals surface area contributed by atoms with Crippen LogP contribution in [0.15, 0.2) is 30.5 Å². The molecule has 3 fully saturated rings. The van der Waals surface area contributed by atoms with Crippen LogP contribution in [-0.4, -0.2) is 102 Å². The number of halogens is 2. The lowest BCUT2D eigenvalue weighted by atomic mass is 9.75. The molecular weight excluding hydrogens is 712 g/mol. The highest BCUT2D eigenvalue weighted by Gasteiger charge is 2.51. The summed E-state index contributed by atoms with van der Waals surface area (Å²) in [6, 6.07) is 5.82. The van der Waals surface area contributed by atoms with Gasteiger partial charge in [0.15, 0.2) is 12.6 Å². The van der Waals surface area contributed by atoms with Gasteiger partial charge < -0.3 is 38.6 Å². The van der Waals surface area contributed by atoms with Crippen LogP contribution >= 0.6 is 0 Å². The number of hydrogen-bond donors (Lipinski definition) is 1. The predicted octanol–water partition coefficient (Wildman–Crippen LogP) is 6.62. The second kappa shape index (κ2) is 15.0. The maximum atomic E-state index is 17.3. The molecule has 4 aromatic rings. The number of benzene rings is 2. The third-order valence-corrected chi connectivity index (χ3v) is 10.6. The lowest BCUT2D eigenvalue weighted by Crippen LogP contribution is -2.55. The van der Waals surface area contributed by atoms with E-state index < -0.39 is 22.8 Å². The molecule has 0 bridgehead atoms. The number of pyridine rings is 1. The molecule has 2 aromatic carbocycles. The minimum absolute atomic E-state index is 0.0513. The Morgan fingerprint density at radius 3 is 2.71 bits per heavy atom.